The van der Waals surface area contributed by atoms with Crippen LogP contribution >= 0.6 is 0 Å². The van der Waals surface area contributed by atoms with Gasteiger partial charge in [-0.3, -0.25) is 4.98 Å². The Morgan fingerprint density at radius 1 is 0.762 bits per heavy atom. The second kappa shape index (κ2) is 4.83. The molecule has 1 aromatic heterocycles. The largest absolute Gasteiger partial charge is 0.252 e. The van der Waals surface area contributed by atoms with Crippen molar-refractivity contribution in [2.24, 2.45) is 10.8 Å². The van der Waals surface area contributed by atoms with Gasteiger partial charge in [0.1, 0.15) is 0 Å². The standard InChI is InChI=1S/C20H29N/c1-14-9-10-15-11-12-17(21-16(15)13-14)20(8,18(2,3)4)19(5,6)7/h9-13H,1-8H3. The second-order valence-electron chi connectivity index (χ2n) is 8.52. The summed E-state index contributed by atoms with van der Waals surface area (Å²) < 4.78 is 0. The fourth-order valence-corrected chi connectivity index (χ4v) is 3.40. The van der Waals surface area contributed by atoms with Crippen LogP contribution in [0.1, 0.15) is 59.7 Å². The molecule has 0 amide bonds. The number of nitrogens with zero attached hydrogens (tertiary/aromatic N) is 1. The van der Waals surface area contributed by atoms with Gasteiger partial charge in [-0.1, -0.05) is 66.7 Å². The van der Waals surface area contributed by atoms with E-state index in [-0.39, 0.29) is 16.2 Å². The van der Waals surface area contributed by atoms with Crippen LogP contribution in [-0.4, -0.2) is 4.98 Å². The normalized spacial score (nSPS) is 13.7. The molecule has 2 rings (SSSR count). The van der Waals surface area contributed by atoms with Crippen LogP contribution in [0.2, 0.25) is 0 Å². The van der Waals surface area contributed by atoms with Crippen molar-refractivity contribution in [1.82, 2.24) is 4.98 Å². The number of hydrogen-bond acceptors (Lipinski definition) is 1. The lowest BCUT2D eigenvalue weighted by Crippen LogP contribution is -2.48. The minimum absolute atomic E-state index is 0.00205. The molecular formula is C20H29N. The van der Waals surface area contributed by atoms with Gasteiger partial charge < -0.3 is 0 Å². The molecule has 1 aromatic carbocycles. The van der Waals surface area contributed by atoms with Crippen LogP contribution in [-0.2, 0) is 5.41 Å². The second-order valence-corrected chi connectivity index (χ2v) is 8.52. The first kappa shape index (κ1) is 16.0. The lowest BCUT2D eigenvalue weighted by molar-refractivity contribution is 0.0656. The molecule has 0 aliphatic carbocycles. The minimum Gasteiger partial charge on any atom is -0.252 e. The van der Waals surface area contributed by atoms with Crippen molar-refractivity contribution in [2.75, 3.05) is 0 Å². The van der Waals surface area contributed by atoms with Crippen molar-refractivity contribution in [3.05, 3.63) is 41.6 Å². The van der Waals surface area contributed by atoms with E-state index >= 15 is 0 Å². The van der Waals surface area contributed by atoms with Crippen LogP contribution in [0, 0.1) is 17.8 Å². The summed E-state index contributed by atoms with van der Waals surface area (Å²) in [5.74, 6) is 0. The molecule has 1 nitrogen and oxygen atoms in total. The Balaban J connectivity index is 2.72. The van der Waals surface area contributed by atoms with Gasteiger partial charge in [-0.15, -0.1) is 0 Å². The highest BCUT2D eigenvalue weighted by Crippen LogP contribution is 2.52. The first-order valence-corrected chi connectivity index (χ1v) is 7.85. The molecule has 0 N–H and O–H groups in total. The van der Waals surface area contributed by atoms with E-state index in [0.29, 0.717) is 0 Å². The molecule has 2 aromatic rings. The molecule has 114 valence electrons. The van der Waals surface area contributed by atoms with Gasteiger partial charge in [-0.25, -0.2) is 0 Å². The molecule has 0 aliphatic heterocycles. The van der Waals surface area contributed by atoms with E-state index in [1.54, 1.807) is 0 Å². The summed E-state index contributed by atoms with van der Waals surface area (Å²) in [5.41, 5.74) is 3.83. The minimum atomic E-state index is -0.00205. The first-order valence-electron chi connectivity index (χ1n) is 7.85. The third-order valence-electron chi connectivity index (χ3n) is 5.36. The lowest BCUT2D eigenvalue weighted by atomic mass is 9.53. The van der Waals surface area contributed by atoms with E-state index in [4.69, 9.17) is 4.98 Å². The van der Waals surface area contributed by atoms with Gasteiger partial charge in [0, 0.05) is 16.5 Å². The number of benzene rings is 1. The number of fused-ring (bicyclic) bond motifs is 1. The van der Waals surface area contributed by atoms with Crippen molar-refractivity contribution >= 4 is 10.9 Å². The summed E-state index contributed by atoms with van der Waals surface area (Å²) in [6.07, 6.45) is 0. The quantitative estimate of drug-likeness (QED) is 0.635. The zero-order chi connectivity index (χ0) is 16.1. The van der Waals surface area contributed by atoms with Gasteiger partial charge in [0.25, 0.3) is 0 Å². The number of aryl methyl sites for hydroxylation is 1. The van der Waals surface area contributed by atoms with Gasteiger partial charge in [0.15, 0.2) is 0 Å². The highest BCUT2D eigenvalue weighted by molar-refractivity contribution is 5.79. The fourth-order valence-electron chi connectivity index (χ4n) is 3.40. The van der Waals surface area contributed by atoms with E-state index in [1.807, 2.05) is 0 Å². The van der Waals surface area contributed by atoms with Crippen LogP contribution in [0.5, 0.6) is 0 Å². The Kier molecular flexibility index (Phi) is 3.68. The predicted octanol–water partition coefficient (Wildman–Crippen LogP) is 5.89. The maximum atomic E-state index is 5.04. The van der Waals surface area contributed by atoms with Crippen molar-refractivity contribution in [3.63, 3.8) is 0 Å². The third kappa shape index (κ3) is 2.59. The average Bonchev–Trinajstić information content (AvgIpc) is 2.34. The summed E-state index contributed by atoms with van der Waals surface area (Å²) in [7, 11) is 0. The van der Waals surface area contributed by atoms with Gasteiger partial charge >= 0.3 is 0 Å². The molecule has 0 bridgehead atoms. The van der Waals surface area contributed by atoms with Crippen molar-refractivity contribution in [2.45, 2.75) is 60.8 Å². The van der Waals surface area contributed by atoms with E-state index in [0.717, 1.165) is 5.52 Å². The molecule has 1 heteroatoms. The number of pyridine rings is 1. The molecule has 0 saturated heterocycles. The molecule has 0 saturated carbocycles. The van der Waals surface area contributed by atoms with E-state index in [1.165, 1.54) is 16.6 Å². The summed E-state index contributed by atoms with van der Waals surface area (Å²) >= 11 is 0. The zero-order valence-corrected chi connectivity index (χ0v) is 14.8. The molecule has 0 aliphatic rings. The monoisotopic (exact) mass is 283 g/mol. The number of rotatable bonds is 1. The van der Waals surface area contributed by atoms with E-state index in [2.05, 4.69) is 85.7 Å². The first-order chi connectivity index (χ1) is 9.47. The van der Waals surface area contributed by atoms with Crippen molar-refractivity contribution in [1.29, 1.82) is 0 Å². The highest BCUT2D eigenvalue weighted by atomic mass is 14.8. The average molecular weight is 283 g/mol. The predicted molar refractivity (Wildman–Crippen MR) is 92.7 cm³/mol. The molecule has 21 heavy (non-hydrogen) atoms. The van der Waals surface area contributed by atoms with Crippen LogP contribution in [0.3, 0.4) is 0 Å². The summed E-state index contributed by atoms with van der Waals surface area (Å²) in [4.78, 5) is 5.04. The van der Waals surface area contributed by atoms with Gasteiger partial charge in [-0.2, -0.15) is 0 Å². The van der Waals surface area contributed by atoms with Gasteiger partial charge in [0.05, 0.1) is 5.52 Å². The molecule has 0 radical (unpaired) electrons. The van der Waals surface area contributed by atoms with Crippen LogP contribution in [0.15, 0.2) is 30.3 Å². The van der Waals surface area contributed by atoms with E-state index in [9.17, 15) is 0 Å². The molecule has 0 spiro atoms. The Hall–Kier alpha value is -1.37. The van der Waals surface area contributed by atoms with Gasteiger partial charge in [-0.05, 0) is 35.4 Å². The Morgan fingerprint density at radius 3 is 1.81 bits per heavy atom. The van der Waals surface area contributed by atoms with Crippen LogP contribution in [0.4, 0.5) is 0 Å². The molecular weight excluding hydrogens is 254 g/mol. The zero-order valence-electron chi connectivity index (χ0n) is 14.8. The smallest absolute Gasteiger partial charge is 0.0708 e. The summed E-state index contributed by atoms with van der Waals surface area (Å²) in [5, 5.41) is 1.22. The van der Waals surface area contributed by atoms with Crippen LogP contribution in [0.25, 0.3) is 10.9 Å². The molecule has 0 unspecified atom stereocenters. The third-order valence-corrected chi connectivity index (χ3v) is 5.36. The van der Waals surface area contributed by atoms with Crippen molar-refractivity contribution < 1.29 is 0 Å². The van der Waals surface area contributed by atoms with Gasteiger partial charge in [0.2, 0.25) is 0 Å². The molecule has 0 atom stereocenters. The maximum Gasteiger partial charge on any atom is 0.0708 e. The SMILES string of the molecule is Cc1ccc2ccc(C(C)(C(C)(C)C)C(C)(C)C)nc2c1. The fraction of sp³-hybridized carbons (Fsp3) is 0.550. The summed E-state index contributed by atoms with van der Waals surface area (Å²) in [6, 6.07) is 10.9. The number of hydrogen-bond donors (Lipinski definition) is 0. The molecule has 0 fully saturated rings. The Bertz CT molecular complexity index is 640. The Labute approximate surface area is 129 Å². The maximum absolute atomic E-state index is 5.04. The summed E-state index contributed by atoms with van der Waals surface area (Å²) in [6.45, 7) is 18.4. The highest BCUT2D eigenvalue weighted by Gasteiger charge is 2.48. The Morgan fingerprint density at radius 2 is 1.29 bits per heavy atom. The topological polar surface area (TPSA) is 12.9 Å². The van der Waals surface area contributed by atoms with E-state index < -0.39 is 0 Å². The van der Waals surface area contributed by atoms with Crippen LogP contribution < -0.4 is 0 Å². The molecule has 1 heterocycles. The van der Waals surface area contributed by atoms with Crippen molar-refractivity contribution in [3.8, 4) is 0 Å². The number of aromatic nitrogens is 1. The lowest BCUT2D eigenvalue weighted by Gasteiger charge is -2.51.